The van der Waals surface area contributed by atoms with Crippen LogP contribution in [0.2, 0.25) is 5.02 Å². The first kappa shape index (κ1) is 14.6. The van der Waals surface area contributed by atoms with Crippen molar-refractivity contribution in [3.63, 3.8) is 0 Å². The van der Waals surface area contributed by atoms with E-state index < -0.39 is 0 Å². The van der Waals surface area contributed by atoms with Gasteiger partial charge in [0.05, 0.1) is 11.1 Å². The lowest BCUT2D eigenvalue weighted by Gasteiger charge is -2.23. The topological polar surface area (TPSA) is 43.4 Å². The summed E-state index contributed by atoms with van der Waals surface area (Å²) in [6, 6.07) is 3.94. The highest BCUT2D eigenvalue weighted by atomic mass is 35.5. The number of nitrogens with one attached hydrogen (secondary N) is 1. The van der Waals surface area contributed by atoms with Crippen molar-refractivity contribution in [2.45, 2.75) is 19.9 Å². The van der Waals surface area contributed by atoms with Crippen LogP contribution in [0.4, 0.5) is 0 Å². The third-order valence-corrected chi connectivity index (χ3v) is 4.55. The van der Waals surface area contributed by atoms with Gasteiger partial charge in [0, 0.05) is 11.1 Å². The monoisotopic (exact) mass is 324 g/mol. The molecule has 0 bridgehead atoms. The van der Waals surface area contributed by atoms with E-state index in [2.05, 4.69) is 22.6 Å². The van der Waals surface area contributed by atoms with E-state index in [1.807, 2.05) is 19.1 Å². The Morgan fingerprint density at radius 1 is 1.38 bits per heavy atom. The van der Waals surface area contributed by atoms with Crippen LogP contribution in [0, 0.1) is 6.92 Å². The molecule has 0 radical (unpaired) electrons. The normalized spacial score (nSPS) is 15.0. The zero-order valence-corrected chi connectivity index (χ0v) is 13.6. The molecule has 112 valence electrons. The molecule has 3 rings (SSSR count). The number of fused-ring (bicyclic) bond motifs is 1. The van der Waals surface area contributed by atoms with Gasteiger partial charge in [0.25, 0.3) is 0 Å². The number of hydrogen-bond donors (Lipinski definition) is 1. The number of nitrogens with zero attached hydrogens (tertiary/aromatic N) is 1. The first-order chi connectivity index (χ1) is 10.2. The number of rotatable bonds is 4. The number of hydrogen-bond acceptors (Lipinski definition) is 5. The van der Waals surface area contributed by atoms with Crippen molar-refractivity contribution in [1.82, 2.24) is 10.3 Å². The molecule has 2 heterocycles. The second kappa shape index (κ2) is 6.22. The highest BCUT2D eigenvalue weighted by Crippen LogP contribution is 2.40. The van der Waals surface area contributed by atoms with E-state index in [-0.39, 0.29) is 6.04 Å². The van der Waals surface area contributed by atoms with Crippen molar-refractivity contribution in [1.29, 1.82) is 0 Å². The van der Waals surface area contributed by atoms with Crippen molar-refractivity contribution in [2.75, 3.05) is 19.8 Å². The van der Waals surface area contributed by atoms with E-state index in [0.717, 1.165) is 22.8 Å². The summed E-state index contributed by atoms with van der Waals surface area (Å²) in [5.74, 6) is 1.34. The average molecular weight is 325 g/mol. The molecule has 1 N–H and O–H groups in total. The molecule has 1 aliphatic heterocycles. The molecule has 1 atom stereocenters. The van der Waals surface area contributed by atoms with Gasteiger partial charge in [-0.25, -0.2) is 4.98 Å². The molecule has 6 heteroatoms. The third-order valence-electron chi connectivity index (χ3n) is 3.24. The predicted octanol–water partition coefficient (Wildman–Crippen LogP) is 3.58. The standard InChI is InChI=1S/C15H17ClN2O2S/c1-3-17-13(15-18-9(2)8-21-15)10-6-11(16)14-12(7-10)19-4-5-20-14/h6-8,13,17H,3-5H2,1-2H3. The van der Waals surface area contributed by atoms with E-state index in [1.54, 1.807) is 11.3 Å². The summed E-state index contributed by atoms with van der Waals surface area (Å²) < 4.78 is 11.2. The fourth-order valence-electron chi connectivity index (χ4n) is 2.35. The Labute approximate surface area is 133 Å². The molecule has 1 aromatic carbocycles. The minimum absolute atomic E-state index is 0.0158. The molecule has 0 spiro atoms. The third kappa shape index (κ3) is 3.00. The van der Waals surface area contributed by atoms with Gasteiger partial charge in [0.1, 0.15) is 18.2 Å². The zero-order valence-electron chi connectivity index (χ0n) is 12.0. The number of aromatic nitrogens is 1. The van der Waals surface area contributed by atoms with Crippen molar-refractivity contribution in [3.8, 4) is 11.5 Å². The second-order valence-electron chi connectivity index (χ2n) is 4.84. The van der Waals surface area contributed by atoms with Gasteiger partial charge in [-0.15, -0.1) is 11.3 Å². The van der Waals surface area contributed by atoms with Crippen molar-refractivity contribution in [3.05, 3.63) is 38.8 Å². The van der Waals surface area contributed by atoms with Crippen LogP contribution in [-0.4, -0.2) is 24.7 Å². The molecule has 2 aromatic rings. The smallest absolute Gasteiger partial charge is 0.179 e. The molecule has 21 heavy (non-hydrogen) atoms. The van der Waals surface area contributed by atoms with E-state index >= 15 is 0 Å². The van der Waals surface area contributed by atoms with Crippen molar-refractivity contribution >= 4 is 22.9 Å². The minimum Gasteiger partial charge on any atom is -0.486 e. The van der Waals surface area contributed by atoms with Crippen LogP contribution in [-0.2, 0) is 0 Å². The molecule has 1 unspecified atom stereocenters. The highest BCUT2D eigenvalue weighted by molar-refractivity contribution is 7.09. The SMILES string of the molecule is CCNC(c1cc(Cl)c2c(c1)OCCO2)c1nc(C)cs1. The van der Waals surface area contributed by atoms with E-state index in [1.165, 1.54) is 0 Å². The minimum atomic E-state index is 0.0158. The zero-order chi connectivity index (χ0) is 14.8. The number of ether oxygens (including phenoxy) is 2. The first-order valence-corrected chi connectivity index (χ1v) is 8.19. The lowest BCUT2D eigenvalue weighted by atomic mass is 10.1. The Balaban J connectivity index is 2.01. The number of thiazole rings is 1. The van der Waals surface area contributed by atoms with Crippen LogP contribution < -0.4 is 14.8 Å². The second-order valence-corrected chi connectivity index (χ2v) is 6.14. The van der Waals surface area contributed by atoms with Crippen LogP contribution in [0.15, 0.2) is 17.5 Å². The van der Waals surface area contributed by atoms with Gasteiger partial charge in [-0.1, -0.05) is 18.5 Å². The van der Waals surface area contributed by atoms with Gasteiger partial charge in [-0.3, -0.25) is 0 Å². The Hall–Kier alpha value is -1.30. The maximum Gasteiger partial charge on any atom is 0.179 e. The molecule has 0 amide bonds. The fourth-order valence-corrected chi connectivity index (χ4v) is 3.52. The van der Waals surface area contributed by atoms with Crippen LogP contribution >= 0.6 is 22.9 Å². The lowest BCUT2D eigenvalue weighted by Crippen LogP contribution is -2.23. The molecular formula is C15H17ClN2O2S. The lowest BCUT2D eigenvalue weighted by molar-refractivity contribution is 0.171. The Bertz CT molecular complexity index is 645. The molecule has 0 saturated heterocycles. The Morgan fingerprint density at radius 2 is 2.19 bits per heavy atom. The summed E-state index contributed by atoms with van der Waals surface area (Å²) in [7, 11) is 0. The summed E-state index contributed by atoms with van der Waals surface area (Å²) in [6.45, 7) is 6.01. The maximum absolute atomic E-state index is 6.33. The molecule has 0 saturated carbocycles. The van der Waals surface area contributed by atoms with Crippen molar-refractivity contribution < 1.29 is 9.47 Å². The van der Waals surface area contributed by atoms with Gasteiger partial charge in [0.15, 0.2) is 11.5 Å². The maximum atomic E-state index is 6.33. The summed E-state index contributed by atoms with van der Waals surface area (Å²) in [4.78, 5) is 4.59. The van der Waals surface area contributed by atoms with Gasteiger partial charge in [-0.2, -0.15) is 0 Å². The molecular weight excluding hydrogens is 308 g/mol. The molecule has 0 aliphatic carbocycles. The molecule has 1 aliphatic rings. The van der Waals surface area contributed by atoms with Gasteiger partial charge in [-0.05, 0) is 31.2 Å². The quantitative estimate of drug-likeness (QED) is 0.933. The molecule has 4 nitrogen and oxygen atoms in total. The van der Waals surface area contributed by atoms with Gasteiger partial charge in [0.2, 0.25) is 0 Å². The summed E-state index contributed by atoms with van der Waals surface area (Å²) in [5.41, 5.74) is 2.07. The van der Waals surface area contributed by atoms with Gasteiger partial charge < -0.3 is 14.8 Å². The summed E-state index contributed by atoms with van der Waals surface area (Å²) in [6.07, 6.45) is 0. The number of benzene rings is 1. The van der Waals surface area contributed by atoms with Crippen LogP contribution in [0.3, 0.4) is 0 Å². The van der Waals surface area contributed by atoms with Gasteiger partial charge >= 0.3 is 0 Å². The first-order valence-electron chi connectivity index (χ1n) is 6.93. The number of halogens is 1. The molecule has 1 aromatic heterocycles. The molecule has 0 fully saturated rings. The largest absolute Gasteiger partial charge is 0.486 e. The predicted molar refractivity (Wildman–Crippen MR) is 84.8 cm³/mol. The van der Waals surface area contributed by atoms with Crippen LogP contribution in [0.1, 0.15) is 29.2 Å². The number of aryl methyl sites for hydroxylation is 1. The van der Waals surface area contributed by atoms with Crippen LogP contribution in [0.5, 0.6) is 11.5 Å². The highest BCUT2D eigenvalue weighted by Gasteiger charge is 2.22. The van der Waals surface area contributed by atoms with E-state index in [0.29, 0.717) is 29.7 Å². The Morgan fingerprint density at radius 3 is 2.90 bits per heavy atom. The summed E-state index contributed by atoms with van der Waals surface area (Å²) >= 11 is 7.98. The fraction of sp³-hybridized carbons (Fsp3) is 0.400. The summed E-state index contributed by atoms with van der Waals surface area (Å²) in [5, 5.41) is 7.12. The van der Waals surface area contributed by atoms with Crippen LogP contribution in [0.25, 0.3) is 0 Å². The van der Waals surface area contributed by atoms with E-state index in [4.69, 9.17) is 21.1 Å². The van der Waals surface area contributed by atoms with Crippen molar-refractivity contribution in [2.24, 2.45) is 0 Å². The average Bonchev–Trinajstić information content (AvgIpc) is 2.91. The van der Waals surface area contributed by atoms with E-state index in [9.17, 15) is 0 Å². The Kier molecular flexibility index (Phi) is 4.33.